The first-order valence-corrected chi connectivity index (χ1v) is 14.2. The lowest BCUT2D eigenvalue weighted by molar-refractivity contribution is -0.123. The minimum absolute atomic E-state index is 0.0421. The van der Waals surface area contributed by atoms with Crippen LogP contribution in [-0.4, -0.2) is 26.8 Å². The van der Waals surface area contributed by atoms with Gasteiger partial charge in [0, 0.05) is 29.3 Å². The van der Waals surface area contributed by atoms with E-state index in [4.69, 9.17) is 4.74 Å². The summed E-state index contributed by atoms with van der Waals surface area (Å²) in [5.74, 6) is -6.99. The van der Waals surface area contributed by atoms with Crippen LogP contribution in [0.15, 0.2) is 60.8 Å². The van der Waals surface area contributed by atoms with Crippen molar-refractivity contribution in [3.05, 3.63) is 101 Å². The number of alkyl halides is 4. The number of benzene rings is 2. The average Bonchev–Trinajstić information content (AvgIpc) is 3.61. The van der Waals surface area contributed by atoms with E-state index in [2.05, 4.69) is 15.4 Å². The molecule has 3 atom stereocenters. The van der Waals surface area contributed by atoms with Gasteiger partial charge in [-0.05, 0) is 74.1 Å². The number of pyridine rings is 1. The van der Waals surface area contributed by atoms with E-state index in [1.807, 2.05) is 13.8 Å². The van der Waals surface area contributed by atoms with Gasteiger partial charge in [0.15, 0.2) is 0 Å². The third-order valence-electron chi connectivity index (χ3n) is 7.86. The van der Waals surface area contributed by atoms with Crippen LogP contribution in [-0.2, 0) is 23.7 Å². The molecule has 12 heteroatoms. The van der Waals surface area contributed by atoms with Gasteiger partial charge in [0.25, 0.3) is 12.3 Å². The van der Waals surface area contributed by atoms with Gasteiger partial charge >= 0.3 is 0 Å². The SMILES string of the molecule is CC(C)Oc1ccc(-c2cccnc2C(Cc2cc(F)cc(F)c2)NC(=O)Cn2nc(C(F)F)c3c2C(F)(F)C2CC32)cc1. The second-order valence-corrected chi connectivity index (χ2v) is 11.4. The smallest absolute Gasteiger partial charge is 0.293 e. The fourth-order valence-corrected chi connectivity index (χ4v) is 6.06. The molecule has 0 bridgehead atoms. The number of fused-ring (bicyclic) bond motifs is 3. The molecule has 44 heavy (non-hydrogen) atoms. The zero-order valence-electron chi connectivity index (χ0n) is 23.7. The van der Waals surface area contributed by atoms with Crippen molar-refractivity contribution in [1.82, 2.24) is 20.1 Å². The number of hydrogen-bond acceptors (Lipinski definition) is 4. The Labute approximate surface area is 249 Å². The Morgan fingerprint density at radius 2 is 1.77 bits per heavy atom. The molecule has 230 valence electrons. The molecular weight excluding hydrogens is 586 g/mol. The van der Waals surface area contributed by atoms with Gasteiger partial charge < -0.3 is 10.1 Å². The van der Waals surface area contributed by atoms with Crippen molar-refractivity contribution >= 4 is 5.91 Å². The normalized spacial score (nSPS) is 18.7. The summed E-state index contributed by atoms with van der Waals surface area (Å²) in [5, 5.41) is 6.46. The van der Waals surface area contributed by atoms with Gasteiger partial charge in [0.2, 0.25) is 5.91 Å². The van der Waals surface area contributed by atoms with E-state index in [-0.39, 0.29) is 30.1 Å². The van der Waals surface area contributed by atoms with E-state index in [0.717, 1.165) is 12.1 Å². The van der Waals surface area contributed by atoms with Gasteiger partial charge in [-0.1, -0.05) is 18.2 Å². The first kappa shape index (κ1) is 29.7. The van der Waals surface area contributed by atoms with Crippen molar-refractivity contribution in [3.8, 4) is 16.9 Å². The highest BCUT2D eigenvalue weighted by Crippen LogP contribution is 2.68. The van der Waals surface area contributed by atoms with E-state index >= 15 is 8.78 Å². The third-order valence-corrected chi connectivity index (χ3v) is 7.86. The molecule has 4 aromatic rings. The second-order valence-electron chi connectivity index (χ2n) is 11.4. The second kappa shape index (κ2) is 11.3. The Kier molecular flexibility index (Phi) is 7.63. The van der Waals surface area contributed by atoms with Gasteiger partial charge in [0.05, 0.1) is 17.8 Å². The van der Waals surface area contributed by atoms with Crippen LogP contribution in [0.25, 0.3) is 11.1 Å². The minimum Gasteiger partial charge on any atom is -0.491 e. The molecule has 1 amide bonds. The molecule has 0 radical (unpaired) electrons. The van der Waals surface area contributed by atoms with E-state index in [1.54, 1.807) is 36.4 Å². The van der Waals surface area contributed by atoms with Crippen LogP contribution in [0.2, 0.25) is 0 Å². The lowest BCUT2D eigenvalue weighted by Gasteiger charge is -2.22. The average molecular weight is 615 g/mol. The topological polar surface area (TPSA) is 69.0 Å². The standard InChI is InChI=1S/C32H28F6N4O2/c1-16(2)44-21-7-5-18(6-8-21)22-4-3-9-39-28(22)25(12-17-10-19(33)13-20(34)11-17)40-26(43)15-42-30-27(29(41-42)31(35)36)23-14-24(23)32(30,37)38/h3-11,13,16,23-25,31H,12,14-15H2,1-2H3,(H,40,43). The van der Waals surface area contributed by atoms with Gasteiger partial charge in [0.1, 0.15) is 35.3 Å². The molecule has 0 saturated heterocycles. The Morgan fingerprint density at radius 3 is 2.43 bits per heavy atom. The summed E-state index contributed by atoms with van der Waals surface area (Å²) in [7, 11) is 0. The maximum absolute atomic E-state index is 15.1. The van der Waals surface area contributed by atoms with E-state index in [1.165, 1.54) is 6.20 Å². The zero-order valence-corrected chi connectivity index (χ0v) is 23.7. The summed E-state index contributed by atoms with van der Waals surface area (Å²) in [4.78, 5) is 17.9. The lowest BCUT2D eigenvalue weighted by Crippen LogP contribution is -2.35. The monoisotopic (exact) mass is 614 g/mol. The first-order valence-electron chi connectivity index (χ1n) is 14.2. The number of amides is 1. The molecule has 3 unspecified atom stereocenters. The molecule has 1 saturated carbocycles. The molecular formula is C32H28F6N4O2. The highest BCUT2D eigenvalue weighted by Gasteiger charge is 2.67. The van der Waals surface area contributed by atoms with Crippen molar-refractivity contribution in [2.75, 3.05) is 0 Å². The fraction of sp³-hybridized carbons (Fsp3) is 0.344. The van der Waals surface area contributed by atoms with Crippen LogP contribution >= 0.6 is 0 Å². The predicted octanol–water partition coefficient (Wildman–Crippen LogP) is 7.26. The third kappa shape index (κ3) is 5.65. The molecule has 0 aliphatic heterocycles. The van der Waals surface area contributed by atoms with E-state index in [9.17, 15) is 22.4 Å². The molecule has 6 nitrogen and oxygen atoms in total. The highest BCUT2D eigenvalue weighted by molar-refractivity contribution is 5.77. The molecule has 2 aromatic carbocycles. The minimum atomic E-state index is -3.39. The number of nitrogens with zero attached hydrogens (tertiary/aromatic N) is 3. The lowest BCUT2D eigenvalue weighted by atomic mass is 9.95. The summed E-state index contributed by atoms with van der Waals surface area (Å²) in [6, 6.07) is 12.5. The number of aromatic nitrogens is 3. The van der Waals surface area contributed by atoms with Crippen LogP contribution in [0, 0.1) is 17.6 Å². The van der Waals surface area contributed by atoms with E-state index in [0.29, 0.717) is 33.3 Å². The maximum atomic E-state index is 15.1. The van der Waals surface area contributed by atoms with Crippen LogP contribution in [0.5, 0.6) is 5.75 Å². The number of carbonyl (C=O) groups is 1. The fourth-order valence-electron chi connectivity index (χ4n) is 6.06. The van der Waals surface area contributed by atoms with Crippen LogP contribution < -0.4 is 10.1 Å². The first-order chi connectivity index (χ1) is 20.9. The number of nitrogens with one attached hydrogen (secondary N) is 1. The van der Waals surface area contributed by atoms with Crippen molar-refractivity contribution in [1.29, 1.82) is 0 Å². The van der Waals surface area contributed by atoms with E-state index < -0.39 is 65.7 Å². The Morgan fingerprint density at radius 1 is 1.07 bits per heavy atom. The van der Waals surface area contributed by atoms with Gasteiger partial charge in [-0.25, -0.2) is 17.6 Å². The summed E-state index contributed by atoms with van der Waals surface area (Å²) in [6.45, 7) is 3.03. The maximum Gasteiger partial charge on any atom is 0.293 e. The number of carbonyl (C=O) groups excluding carboxylic acids is 1. The summed E-state index contributed by atoms with van der Waals surface area (Å²) in [6.07, 6.45) is -1.65. The molecule has 0 spiro atoms. The number of halogens is 6. The van der Waals surface area contributed by atoms with Gasteiger partial charge in [-0.2, -0.15) is 13.9 Å². The quantitative estimate of drug-likeness (QED) is 0.191. The summed E-state index contributed by atoms with van der Waals surface area (Å²) >= 11 is 0. The van der Waals surface area contributed by atoms with Gasteiger partial charge in [-0.3, -0.25) is 14.5 Å². The van der Waals surface area contributed by atoms with Crippen molar-refractivity contribution in [2.45, 2.75) is 63.6 Å². The molecule has 1 fully saturated rings. The molecule has 2 aliphatic rings. The van der Waals surface area contributed by atoms with Crippen LogP contribution in [0.4, 0.5) is 26.3 Å². The largest absolute Gasteiger partial charge is 0.491 e. The Bertz CT molecular complexity index is 1690. The highest BCUT2D eigenvalue weighted by atomic mass is 19.3. The predicted molar refractivity (Wildman–Crippen MR) is 148 cm³/mol. The van der Waals surface area contributed by atoms with Crippen LogP contribution in [0.3, 0.4) is 0 Å². The molecule has 2 heterocycles. The molecule has 2 aliphatic carbocycles. The zero-order chi connectivity index (χ0) is 31.3. The van der Waals surface area contributed by atoms with Crippen molar-refractivity contribution < 1.29 is 35.9 Å². The Balaban J connectivity index is 1.33. The number of rotatable bonds is 10. The molecule has 2 aromatic heterocycles. The summed E-state index contributed by atoms with van der Waals surface area (Å²) < 4.78 is 92.2. The Hall–Kier alpha value is -4.35. The van der Waals surface area contributed by atoms with Gasteiger partial charge in [-0.15, -0.1) is 0 Å². The molecule has 1 N–H and O–H groups in total. The van der Waals surface area contributed by atoms with Crippen LogP contribution in [0.1, 0.15) is 66.9 Å². The number of hydrogen-bond donors (Lipinski definition) is 1. The number of ether oxygens (including phenoxy) is 1. The van der Waals surface area contributed by atoms with Crippen molar-refractivity contribution in [3.63, 3.8) is 0 Å². The van der Waals surface area contributed by atoms with Crippen molar-refractivity contribution in [2.24, 2.45) is 5.92 Å². The summed E-state index contributed by atoms with van der Waals surface area (Å²) in [5.41, 5.74) is 0.282. The molecule has 6 rings (SSSR count).